The van der Waals surface area contributed by atoms with Crippen molar-refractivity contribution in [2.45, 2.75) is 46.0 Å². The average Bonchev–Trinajstić information content (AvgIpc) is 3.69. The van der Waals surface area contributed by atoms with Crippen LogP contribution >= 0.6 is 0 Å². The van der Waals surface area contributed by atoms with Crippen molar-refractivity contribution in [1.29, 1.82) is 0 Å². The number of hydrogen-bond acceptors (Lipinski definition) is 6. The van der Waals surface area contributed by atoms with E-state index in [1.807, 2.05) is 13.8 Å². The second-order valence-corrected chi connectivity index (χ2v) is 9.14. The van der Waals surface area contributed by atoms with Gasteiger partial charge >= 0.3 is 5.92 Å². The predicted octanol–water partition coefficient (Wildman–Crippen LogP) is 5.03. The summed E-state index contributed by atoms with van der Waals surface area (Å²) in [5.41, 5.74) is 0.882. The lowest BCUT2D eigenvalue weighted by Crippen LogP contribution is -2.28. The van der Waals surface area contributed by atoms with Crippen molar-refractivity contribution < 1.29 is 18.0 Å². The molecule has 1 aromatic carbocycles. The van der Waals surface area contributed by atoms with Crippen molar-refractivity contribution in [2.75, 3.05) is 31.5 Å². The van der Waals surface area contributed by atoms with Crippen LogP contribution in [0.2, 0.25) is 0 Å². The number of rotatable bonds is 9. The fourth-order valence-electron chi connectivity index (χ4n) is 4.35. The number of fused-ring (bicyclic) bond motifs is 1. The van der Waals surface area contributed by atoms with Crippen LogP contribution in [0.25, 0.3) is 5.52 Å². The van der Waals surface area contributed by atoms with Crippen molar-refractivity contribution in [1.82, 2.24) is 35.0 Å². The molecule has 1 aliphatic heterocycles. The molecule has 1 amide bonds. The molecule has 0 atom stereocenters. The number of H-pyrrole nitrogens is 1. The fraction of sp³-hybridized carbons (Fsp3) is 0.407. The van der Waals surface area contributed by atoms with Crippen molar-refractivity contribution in [3.05, 3.63) is 71.1 Å². The summed E-state index contributed by atoms with van der Waals surface area (Å²) in [7, 11) is 0. The largest absolute Gasteiger partial charge is 0.352 e. The minimum Gasteiger partial charge on any atom is -0.352 e. The Hall–Kier alpha value is -3.93. The van der Waals surface area contributed by atoms with E-state index in [2.05, 4.69) is 35.8 Å². The number of aromatic amines is 1. The summed E-state index contributed by atoms with van der Waals surface area (Å²) in [5, 5.41) is 16.7. The zero-order chi connectivity index (χ0) is 28.0. The number of aryl methyl sites for hydroxylation is 1. The van der Waals surface area contributed by atoms with Gasteiger partial charge in [0.25, 0.3) is 5.91 Å². The van der Waals surface area contributed by atoms with Gasteiger partial charge in [0, 0.05) is 30.1 Å². The lowest BCUT2D eigenvalue weighted by Gasteiger charge is -2.16. The highest BCUT2D eigenvalue weighted by atomic mass is 19.3. The number of alkyl halides is 2. The standard InChI is InChI=1S/C25H27F3N8O.C2H6/c1-16-13-21(33-32-16)30-22-20-14-17(23(37)29-9-4-12-35-10-2-3-11-35)15-36(20)34-24(31-22)25(27,28)18-5-7-19(26)8-6-18;1-2/h5-8,13-15H,2-4,9-12H2,1H3,(H,29,37)(H2,30,31,32,33,34);1-2H3. The van der Waals surface area contributed by atoms with Gasteiger partial charge in [0.15, 0.2) is 11.6 Å². The molecule has 5 rings (SSSR count). The summed E-state index contributed by atoms with van der Waals surface area (Å²) in [5.74, 6) is -4.99. The van der Waals surface area contributed by atoms with Gasteiger partial charge < -0.3 is 15.5 Å². The van der Waals surface area contributed by atoms with Gasteiger partial charge in [-0.05, 0) is 76.2 Å². The van der Waals surface area contributed by atoms with Crippen LogP contribution in [-0.2, 0) is 5.92 Å². The minimum atomic E-state index is -3.62. The number of anilines is 2. The number of nitrogens with zero attached hydrogens (tertiary/aromatic N) is 5. The number of carbonyl (C=O) groups excluding carboxylic acids is 1. The molecule has 3 aromatic heterocycles. The first-order valence-electron chi connectivity index (χ1n) is 13.1. The van der Waals surface area contributed by atoms with Gasteiger partial charge in [0.2, 0.25) is 5.82 Å². The monoisotopic (exact) mass is 542 g/mol. The molecule has 1 aliphatic rings. The SMILES string of the molecule is CC.Cc1cc(Nc2nc(C(F)(F)c3ccc(F)cc3)nn3cc(C(=O)NCCCN4CCCC4)cc23)n[nH]1. The highest BCUT2D eigenvalue weighted by Gasteiger charge is 2.39. The summed E-state index contributed by atoms with van der Waals surface area (Å²) >= 11 is 0. The lowest BCUT2D eigenvalue weighted by atomic mass is 10.1. The number of benzene rings is 1. The predicted molar refractivity (Wildman–Crippen MR) is 143 cm³/mol. The molecule has 9 nitrogen and oxygen atoms in total. The van der Waals surface area contributed by atoms with Gasteiger partial charge in [-0.1, -0.05) is 13.8 Å². The maximum atomic E-state index is 15.4. The van der Waals surface area contributed by atoms with Gasteiger partial charge in [0.05, 0.1) is 5.56 Å². The molecule has 39 heavy (non-hydrogen) atoms. The smallest absolute Gasteiger partial charge is 0.333 e. The Balaban J connectivity index is 0.00000172. The normalized spacial score (nSPS) is 13.8. The molecule has 1 fully saturated rings. The van der Waals surface area contributed by atoms with E-state index in [0.29, 0.717) is 17.9 Å². The van der Waals surface area contributed by atoms with Crippen molar-refractivity contribution in [3.63, 3.8) is 0 Å². The molecule has 3 N–H and O–H groups in total. The fourth-order valence-corrected chi connectivity index (χ4v) is 4.35. The third-order valence-electron chi connectivity index (χ3n) is 6.30. The van der Waals surface area contributed by atoms with E-state index in [0.717, 1.165) is 56.0 Å². The summed E-state index contributed by atoms with van der Waals surface area (Å²) < 4.78 is 45.3. The number of hydrogen-bond donors (Lipinski definition) is 3. The molecular weight excluding hydrogens is 509 g/mol. The molecule has 4 aromatic rings. The van der Waals surface area contributed by atoms with E-state index in [4.69, 9.17) is 0 Å². The molecule has 0 saturated carbocycles. The Labute approximate surface area is 224 Å². The van der Waals surface area contributed by atoms with Crippen molar-refractivity contribution >= 4 is 23.1 Å². The first kappa shape index (κ1) is 28.1. The summed E-state index contributed by atoms with van der Waals surface area (Å²) in [6, 6.07) is 7.11. The Kier molecular flexibility index (Phi) is 8.85. The third kappa shape index (κ3) is 6.56. The number of nitrogens with one attached hydrogen (secondary N) is 3. The van der Waals surface area contributed by atoms with Gasteiger partial charge in [0.1, 0.15) is 11.3 Å². The summed E-state index contributed by atoms with van der Waals surface area (Å²) in [6.07, 6.45) is 4.62. The van der Waals surface area contributed by atoms with Gasteiger partial charge in [-0.15, -0.1) is 5.10 Å². The van der Waals surface area contributed by atoms with Crippen LogP contribution in [0.1, 0.15) is 60.5 Å². The second kappa shape index (κ2) is 12.3. The Bertz CT molecular complexity index is 1390. The zero-order valence-electron chi connectivity index (χ0n) is 22.3. The first-order valence-corrected chi connectivity index (χ1v) is 13.1. The van der Waals surface area contributed by atoms with E-state index in [-0.39, 0.29) is 17.3 Å². The number of halogens is 3. The van der Waals surface area contributed by atoms with Crippen molar-refractivity contribution in [2.24, 2.45) is 0 Å². The highest BCUT2D eigenvalue weighted by molar-refractivity contribution is 5.96. The van der Waals surface area contributed by atoms with Crippen LogP contribution in [0.4, 0.5) is 24.8 Å². The van der Waals surface area contributed by atoms with E-state index in [1.54, 1.807) is 13.0 Å². The molecule has 0 spiro atoms. The van der Waals surface area contributed by atoms with Gasteiger partial charge in [-0.25, -0.2) is 13.9 Å². The first-order chi connectivity index (χ1) is 18.8. The molecule has 0 bridgehead atoms. The Morgan fingerprint density at radius 1 is 1.13 bits per heavy atom. The number of amides is 1. The van der Waals surface area contributed by atoms with E-state index < -0.39 is 23.1 Å². The third-order valence-corrected chi connectivity index (χ3v) is 6.30. The van der Waals surface area contributed by atoms with Gasteiger partial charge in [-0.2, -0.15) is 13.9 Å². The van der Waals surface area contributed by atoms with Crippen LogP contribution in [0, 0.1) is 12.7 Å². The zero-order valence-corrected chi connectivity index (χ0v) is 22.3. The molecule has 4 heterocycles. The quantitative estimate of drug-likeness (QED) is 0.257. The van der Waals surface area contributed by atoms with Crippen LogP contribution in [-0.4, -0.2) is 61.8 Å². The van der Waals surface area contributed by atoms with E-state index in [1.165, 1.54) is 29.6 Å². The topological polar surface area (TPSA) is 103 Å². The Morgan fingerprint density at radius 2 is 1.85 bits per heavy atom. The number of aromatic nitrogens is 5. The van der Waals surface area contributed by atoms with E-state index in [9.17, 15) is 9.18 Å². The van der Waals surface area contributed by atoms with Crippen LogP contribution < -0.4 is 10.6 Å². The molecule has 208 valence electrons. The Morgan fingerprint density at radius 3 is 2.51 bits per heavy atom. The summed E-state index contributed by atoms with van der Waals surface area (Å²) in [4.78, 5) is 19.3. The second-order valence-electron chi connectivity index (χ2n) is 9.14. The van der Waals surface area contributed by atoms with Crippen molar-refractivity contribution in [3.8, 4) is 0 Å². The maximum absolute atomic E-state index is 15.4. The molecule has 0 unspecified atom stereocenters. The molecule has 0 aliphatic carbocycles. The number of carbonyl (C=O) groups is 1. The van der Waals surface area contributed by atoms with Gasteiger partial charge in [-0.3, -0.25) is 9.89 Å². The van der Waals surface area contributed by atoms with Crippen LogP contribution in [0.3, 0.4) is 0 Å². The lowest BCUT2D eigenvalue weighted by molar-refractivity contribution is 0.0315. The molecule has 1 saturated heterocycles. The number of likely N-dealkylation sites (tertiary alicyclic amines) is 1. The molecule has 0 radical (unpaired) electrons. The maximum Gasteiger partial charge on any atom is 0.333 e. The van der Waals surface area contributed by atoms with Crippen LogP contribution in [0.15, 0.2) is 42.6 Å². The highest BCUT2D eigenvalue weighted by Crippen LogP contribution is 2.35. The average molecular weight is 543 g/mol. The van der Waals surface area contributed by atoms with E-state index >= 15 is 8.78 Å². The summed E-state index contributed by atoms with van der Waals surface area (Å²) in [6.45, 7) is 9.40. The molecule has 12 heteroatoms. The van der Waals surface area contributed by atoms with Crippen LogP contribution in [0.5, 0.6) is 0 Å². The minimum absolute atomic E-state index is 0.0476. The molecular formula is C27H33F3N8O.